The third-order valence-corrected chi connectivity index (χ3v) is 4.56. The van der Waals surface area contributed by atoms with E-state index in [1.165, 1.54) is 4.70 Å². The second-order valence-corrected chi connectivity index (χ2v) is 5.89. The molecule has 4 nitrogen and oxygen atoms in total. The fourth-order valence-electron chi connectivity index (χ4n) is 2.43. The largest absolute Gasteiger partial charge is 0.493 e. The molecule has 0 amide bonds. The molecule has 3 rings (SSSR count). The van der Waals surface area contributed by atoms with E-state index in [-0.39, 0.29) is 6.04 Å². The van der Waals surface area contributed by atoms with Crippen LogP contribution in [0.4, 0.5) is 5.69 Å². The Hall–Kier alpha value is -2.27. The van der Waals surface area contributed by atoms with Crippen LogP contribution in [0.1, 0.15) is 18.5 Å². The van der Waals surface area contributed by atoms with Gasteiger partial charge in [0.25, 0.3) is 0 Å². The molecule has 5 heteroatoms. The van der Waals surface area contributed by atoms with Crippen molar-refractivity contribution in [3.05, 3.63) is 47.5 Å². The highest BCUT2D eigenvalue weighted by Gasteiger charge is 2.12. The van der Waals surface area contributed by atoms with Crippen LogP contribution in [0, 0.1) is 0 Å². The van der Waals surface area contributed by atoms with Gasteiger partial charge < -0.3 is 14.8 Å². The minimum absolute atomic E-state index is 0.146. The highest BCUT2D eigenvalue weighted by atomic mass is 32.1. The standard InChI is InChI=1S/C17H18N2O2S/c1-11(12-4-5-15(20-2)16(10-12)21-3)19-14-6-8-18-13-7-9-22-17(13)14/h4-11H,1-3H3,(H,18,19). The summed E-state index contributed by atoms with van der Waals surface area (Å²) < 4.78 is 11.8. The number of hydrogen-bond donors (Lipinski definition) is 1. The van der Waals surface area contributed by atoms with E-state index in [1.807, 2.05) is 36.5 Å². The van der Waals surface area contributed by atoms with Gasteiger partial charge in [0.15, 0.2) is 11.5 Å². The zero-order chi connectivity index (χ0) is 15.5. The molecule has 0 aliphatic carbocycles. The van der Waals surface area contributed by atoms with Gasteiger partial charge in [-0.25, -0.2) is 0 Å². The van der Waals surface area contributed by atoms with Crippen LogP contribution < -0.4 is 14.8 Å². The molecule has 0 fully saturated rings. The molecule has 22 heavy (non-hydrogen) atoms. The number of thiophene rings is 1. The fraction of sp³-hybridized carbons (Fsp3) is 0.235. The van der Waals surface area contributed by atoms with E-state index in [1.54, 1.807) is 25.6 Å². The SMILES string of the molecule is COc1ccc(C(C)Nc2ccnc3ccsc23)cc1OC. The van der Waals surface area contributed by atoms with E-state index in [9.17, 15) is 0 Å². The third kappa shape index (κ3) is 2.72. The van der Waals surface area contributed by atoms with Crippen LogP contribution >= 0.6 is 11.3 Å². The van der Waals surface area contributed by atoms with E-state index < -0.39 is 0 Å². The van der Waals surface area contributed by atoms with Crippen molar-refractivity contribution in [1.29, 1.82) is 0 Å². The Morgan fingerprint density at radius 1 is 1.09 bits per heavy atom. The minimum atomic E-state index is 0.146. The second kappa shape index (κ2) is 6.23. The van der Waals surface area contributed by atoms with Gasteiger partial charge >= 0.3 is 0 Å². The van der Waals surface area contributed by atoms with Crippen molar-refractivity contribution in [1.82, 2.24) is 4.98 Å². The zero-order valence-corrected chi connectivity index (χ0v) is 13.6. The minimum Gasteiger partial charge on any atom is -0.493 e. The number of nitrogens with zero attached hydrogens (tertiary/aromatic N) is 1. The van der Waals surface area contributed by atoms with Gasteiger partial charge in [0.1, 0.15) is 0 Å². The third-order valence-electron chi connectivity index (χ3n) is 3.62. The molecular formula is C17H18N2O2S. The summed E-state index contributed by atoms with van der Waals surface area (Å²) in [6, 6.07) is 10.2. The molecule has 1 atom stereocenters. The van der Waals surface area contributed by atoms with E-state index in [0.717, 1.165) is 28.3 Å². The molecule has 114 valence electrons. The number of nitrogens with one attached hydrogen (secondary N) is 1. The van der Waals surface area contributed by atoms with Crippen molar-refractivity contribution in [2.75, 3.05) is 19.5 Å². The van der Waals surface area contributed by atoms with Gasteiger partial charge in [0, 0.05) is 12.2 Å². The first kappa shape index (κ1) is 14.7. The molecule has 1 N–H and O–H groups in total. The summed E-state index contributed by atoms with van der Waals surface area (Å²) in [5, 5.41) is 5.61. The molecule has 3 aromatic rings. The predicted molar refractivity (Wildman–Crippen MR) is 91.2 cm³/mol. The van der Waals surface area contributed by atoms with Gasteiger partial charge in [0.2, 0.25) is 0 Å². The van der Waals surface area contributed by atoms with Gasteiger partial charge in [-0.1, -0.05) is 6.07 Å². The molecule has 0 radical (unpaired) electrons. The average molecular weight is 314 g/mol. The lowest BCUT2D eigenvalue weighted by molar-refractivity contribution is 0.354. The highest BCUT2D eigenvalue weighted by Crippen LogP contribution is 2.33. The van der Waals surface area contributed by atoms with Crippen molar-refractivity contribution in [3.63, 3.8) is 0 Å². The Morgan fingerprint density at radius 2 is 1.91 bits per heavy atom. The van der Waals surface area contributed by atoms with Crippen LogP contribution in [-0.2, 0) is 0 Å². The molecule has 0 aliphatic rings. The van der Waals surface area contributed by atoms with Gasteiger partial charge in [-0.05, 0) is 42.1 Å². The van der Waals surface area contributed by atoms with Crippen LogP contribution in [0.5, 0.6) is 11.5 Å². The molecular weight excluding hydrogens is 296 g/mol. The summed E-state index contributed by atoms with van der Waals surface area (Å²) in [5.41, 5.74) is 3.26. The maximum atomic E-state index is 5.37. The molecule has 0 spiro atoms. The molecule has 0 bridgehead atoms. The smallest absolute Gasteiger partial charge is 0.161 e. The molecule has 0 saturated heterocycles. The quantitative estimate of drug-likeness (QED) is 0.753. The lowest BCUT2D eigenvalue weighted by atomic mass is 10.1. The van der Waals surface area contributed by atoms with Crippen LogP contribution in [0.3, 0.4) is 0 Å². The monoisotopic (exact) mass is 314 g/mol. The lowest BCUT2D eigenvalue weighted by Gasteiger charge is -2.18. The second-order valence-electron chi connectivity index (χ2n) is 4.97. The number of rotatable bonds is 5. The summed E-state index contributed by atoms with van der Waals surface area (Å²) in [5.74, 6) is 1.48. The number of fused-ring (bicyclic) bond motifs is 1. The van der Waals surface area contributed by atoms with Gasteiger partial charge in [-0.15, -0.1) is 11.3 Å². The van der Waals surface area contributed by atoms with Crippen molar-refractivity contribution in [2.24, 2.45) is 0 Å². The topological polar surface area (TPSA) is 43.4 Å². The first-order chi connectivity index (χ1) is 10.7. The Kier molecular flexibility index (Phi) is 4.15. The van der Waals surface area contributed by atoms with Crippen molar-refractivity contribution < 1.29 is 9.47 Å². The fourth-order valence-corrected chi connectivity index (χ4v) is 3.25. The average Bonchev–Trinajstić information content (AvgIpc) is 3.03. The Labute approximate surface area is 133 Å². The van der Waals surface area contributed by atoms with E-state index in [4.69, 9.17) is 9.47 Å². The predicted octanol–water partition coefficient (Wildman–Crippen LogP) is 4.49. The number of ether oxygens (including phenoxy) is 2. The first-order valence-corrected chi connectivity index (χ1v) is 7.91. The Bertz CT molecular complexity index is 785. The van der Waals surface area contributed by atoms with Gasteiger partial charge in [-0.3, -0.25) is 4.98 Å². The van der Waals surface area contributed by atoms with Gasteiger partial charge in [-0.2, -0.15) is 0 Å². The van der Waals surface area contributed by atoms with Crippen molar-refractivity contribution >= 4 is 27.2 Å². The summed E-state index contributed by atoms with van der Waals surface area (Å²) >= 11 is 1.70. The van der Waals surface area contributed by atoms with Crippen LogP contribution in [0.25, 0.3) is 10.2 Å². The van der Waals surface area contributed by atoms with E-state index in [2.05, 4.69) is 22.6 Å². The first-order valence-electron chi connectivity index (χ1n) is 7.03. The van der Waals surface area contributed by atoms with E-state index >= 15 is 0 Å². The Balaban J connectivity index is 1.88. The van der Waals surface area contributed by atoms with Crippen LogP contribution in [0.2, 0.25) is 0 Å². The molecule has 0 aliphatic heterocycles. The lowest BCUT2D eigenvalue weighted by Crippen LogP contribution is -2.07. The number of anilines is 1. The molecule has 1 aromatic carbocycles. The maximum absolute atomic E-state index is 5.37. The van der Waals surface area contributed by atoms with Crippen LogP contribution in [0.15, 0.2) is 41.9 Å². The highest BCUT2D eigenvalue weighted by molar-refractivity contribution is 7.17. The number of benzene rings is 1. The summed E-state index contributed by atoms with van der Waals surface area (Å²) in [4.78, 5) is 4.37. The number of pyridine rings is 1. The number of aromatic nitrogens is 1. The zero-order valence-electron chi connectivity index (χ0n) is 12.8. The van der Waals surface area contributed by atoms with Crippen molar-refractivity contribution in [3.8, 4) is 11.5 Å². The summed E-state index contributed by atoms with van der Waals surface area (Å²) in [6.07, 6.45) is 1.83. The number of methoxy groups -OCH3 is 2. The Morgan fingerprint density at radius 3 is 2.68 bits per heavy atom. The maximum Gasteiger partial charge on any atom is 0.161 e. The molecule has 0 saturated carbocycles. The van der Waals surface area contributed by atoms with Crippen molar-refractivity contribution in [2.45, 2.75) is 13.0 Å². The van der Waals surface area contributed by atoms with E-state index in [0.29, 0.717) is 0 Å². The normalized spacial score (nSPS) is 12.1. The van der Waals surface area contributed by atoms with Gasteiger partial charge in [0.05, 0.1) is 30.1 Å². The molecule has 1 unspecified atom stereocenters. The molecule has 2 heterocycles. The summed E-state index contributed by atoms with van der Waals surface area (Å²) in [7, 11) is 3.29. The summed E-state index contributed by atoms with van der Waals surface area (Å²) in [6.45, 7) is 2.13. The number of hydrogen-bond acceptors (Lipinski definition) is 5. The van der Waals surface area contributed by atoms with Crippen LogP contribution in [-0.4, -0.2) is 19.2 Å². The molecule has 2 aromatic heterocycles.